The van der Waals surface area contributed by atoms with Gasteiger partial charge in [-0.25, -0.2) is 0 Å². The number of nitrogens with one attached hydrogen (secondary N) is 2. The van der Waals surface area contributed by atoms with Crippen molar-refractivity contribution < 1.29 is 4.79 Å². The molecule has 0 bridgehead atoms. The van der Waals surface area contributed by atoms with E-state index >= 15 is 0 Å². The highest BCUT2D eigenvalue weighted by atomic mass is 35.5. The molecule has 0 aromatic rings. The largest absolute Gasteiger partial charge is 0.356 e. The number of rotatable bonds is 4. The van der Waals surface area contributed by atoms with Gasteiger partial charge in [0.1, 0.15) is 0 Å². The molecule has 0 aromatic carbocycles. The molecule has 0 radical (unpaired) electrons. The molecule has 94 valence electrons. The van der Waals surface area contributed by atoms with Crippen LogP contribution < -0.4 is 10.6 Å². The zero-order valence-electron chi connectivity index (χ0n) is 10.00. The van der Waals surface area contributed by atoms with Gasteiger partial charge in [0.05, 0.1) is 0 Å². The maximum atomic E-state index is 11.6. The summed E-state index contributed by atoms with van der Waals surface area (Å²) in [6.45, 7) is 5.30. The number of hydrogen-bond donors (Lipinski definition) is 2. The molecule has 0 aromatic heterocycles. The molecule has 1 saturated heterocycles. The van der Waals surface area contributed by atoms with E-state index in [0.29, 0.717) is 11.8 Å². The van der Waals surface area contributed by atoms with E-state index in [4.69, 9.17) is 0 Å². The quantitative estimate of drug-likeness (QED) is 0.791. The van der Waals surface area contributed by atoms with E-state index < -0.39 is 0 Å². The first-order valence-corrected chi connectivity index (χ1v) is 6.21. The zero-order valence-corrected chi connectivity index (χ0v) is 10.8. The van der Waals surface area contributed by atoms with Crippen molar-refractivity contribution in [2.45, 2.75) is 32.6 Å². The maximum absolute atomic E-state index is 11.6. The van der Waals surface area contributed by atoms with Crippen LogP contribution in [-0.4, -0.2) is 25.5 Å². The first kappa shape index (κ1) is 13.8. The molecular formula is C12H23ClN2O. The lowest BCUT2D eigenvalue weighted by Crippen LogP contribution is -2.48. The van der Waals surface area contributed by atoms with E-state index in [0.717, 1.165) is 32.0 Å². The fourth-order valence-electron chi connectivity index (χ4n) is 2.60. The first-order chi connectivity index (χ1) is 7.24. The second-order valence-corrected chi connectivity index (χ2v) is 5.32. The standard InChI is InChI=1S/C12H22N2O.ClH/c1-9-2-3-10(4-9)5-12(15)14-8-11-6-13-7-11;/h9-11,13H,2-8H2,1H3,(H,14,15);1H. The van der Waals surface area contributed by atoms with Crippen molar-refractivity contribution >= 4 is 18.3 Å². The highest BCUT2D eigenvalue weighted by Crippen LogP contribution is 2.32. The minimum atomic E-state index is 0. The number of carbonyl (C=O) groups is 1. The Morgan fingerprint density at radius 3 is 2.56 bits per heavy atom. The summed E-state index contributed by atoms with van der Waals surface area (Å²) in [6, 6.07) is 0. The van der Waals surface area contributed by atoms with Gasteiger partial charge in [0.15, 0.2) is 0 Å². The van der Waals surface area contributed by atoms with Crippen LogP contribution in [0, 0.1) is 17.8 Å². The van der Waals surface area contributed by atoms with Crippen LogP contribution in [0.15, 0.2) is 0 Å². The number of amides is 1. The van der Waals surface area contributed by atoms with Gasteiger partial charge in [-0.1, -0.05) is 13.3 Å². The zero-order chi connectivity index (χ0) is 10.7. The van der Waals surface area contributed by atoms with E-state index in [2.05, 4.69) is 17.6 Å². The van der Waals surface area contributed by atoms with Crippen molar-refractivity contribution in [2.24, 2.45) is 17.8 Å². The minimum absolute atomic E-state index is 0. The lowest BCUT2D eigenvalue weighted by atomic mass is 10.0. The predicted octanol–water partition coefficient (Wildman–Crippen LogP) is 1.57. The SMILES string of the molecule is CC1CCC(CC(=O)NCC2CNC2)C1.Cl. The fraction of sp³-hybridized carbons (Fsp3) is 0.917. The van der Waals surface area contributed by atoms with Crippen LogP contribution in [0.5, 0.6) is 0 Å². The summed E-state index contributed by atoms with van der Waals surface area (Å²) in [6.07, 6.45) is 4.56. The average Bonchev–Trinajstić information content (AvgIpc) is 2.48. The van der Waals surface area contributed by atoms with Gasteiger partial charge in [-0.05, 0) is 24.7 Å². The van der Waals surface area contributed by atoms with E-state index in [1.165, 1.54) is 19.3 Å². The van der Waals surface area contributed by atoms with Crippen LogP contribution in [0.4, 0.5) is 0 Å². The molecule has 1 aliphatic carbocycles. The van der Waals surface area contributed by atoms with Crippen LogP contribution in [0.2, 0.25) is 0 Å². The molecule has 2 fully saturated rings. The number of carbonyl (C=O) groups excluding carboxylic acids is 1. The van der Waals surface area contributed by atoms with Crippen LogP contribution in [0.25, 0.3) is 0 Å². The molecule has 1 amide bonds. The van der Waals surface area contributed by atoms with Crippen LogP contribution in [0.3, 0.4) is 0 Å². The molecule has 1 heterocycles. The lowest BCUT2D eigenvalue weighted by Gasteiger charge is -2.27. The summed E-state index contributed by atoms with van der Waals surface area (Å²) in [5.74, 6) is 2.43. The third-order valence-corrected chi connectivity index (χ3v) is 3.73. The van der Waals surface area contributed by atoms with Gasteiger partial charge in [0, 0.05) is 32.0 Å². The van der Waals surface area contributed by atoms with Crippen LogP contribution in [-0.2, 0) is 4.79 Å². The normalized spacial score (nSPS) is 29.3. The smallest absolute Gasteiger partial charge is 0.220 e. The van der Waals surface area contributed by atoms with Crippen molar-refractivity contribution in [2.75, 3.05) is 19.6 Å². The van der Waals surface area contributed by atoms with Crippen LogP contribution >= 0.6 is 12.4 Å². The summed E-state index contributed by atoms with van der Waals surface area (Å²) in [4.78, 5) is 11.6. The van der Waals surface area contributed by atoms with Gasteiger partial charge in [-0.3, -0.25) is 4.79 Å². The Bertz CT molecular complexity index is 231. The lowest BCUT2D eigenvalue weighted by molar-refractivity contribution is -0.122. The van der Waals surface area contributed by atoms with E-state index in [1.807, 2.05) is 0 Å². The summed E-state index contributed by atoms with van der Waals surface area (Å²) >= 11 is 0. The highest BCUT2D eigenvalue weighted by molar-refractivity contribution is 5.85. The fourth-order valence-corrected chi connectivity index (χ4v) is 2.60. The maximum Gasteiger partial charge on any atom is 0.220 e. The van der Waals surface area contributed by atoms with Crippen molar-refractivity contribution in [1.82, 2.24) is 10.6 Å². The highest BCUT2D eigenvalue weighted by Gasteiger charge is 2.24. The van der Waals surface area contributed by atoms with Gasteiger partial charge in [-0.2, -0.15) is 0 Å². The van der Waals surface area contributed by atoms with E-state index in [-0.39, 0.29) is 18.3 Å². The molecule has 2 N–H and O–H groups in total. The molecule has 0 spiro atoms. The van der Waals surface area contributed by atoms with Crippen LogP contribution in [0.1, 0.15) is 32.6 Å². The van der Waals surface area contributed by atoms with Gasteiger partial charge in [0.25, 0.3) is 0 Å². The molecule has 2 aliphatic rings. The molecule has 1 saturated carbocycles. The second kappa shape index (κ2) is 6.45. The Kier molecular flexibility index (Phi) is 5.56. The molecule has 2 atom stereocenters. The third kappa shape index (κ3) is 3.95. The Morgan fingerprint density at radius 1 is 1.31 bits per heavy atom. The average molecular weight is 247 g/mol. The van der Waals surface area contributed by atoms with Crippen molar-refractivity contribution in [3.8, 4) is 0 Å². The predicted molar refractivity (Wildman–Crippen MR) is 67.7 cm³/mol. The van der Waals surface area contributed by atoms with Crippen molar-refractivity contribution in [3.63, 3.8) is 0 Å². The molecular weight excluding hydrogens is 224 g/mol. The molecule has 2 unspecified atom stereocenters. The first-order valence-electron chi connectivity index (χ1n) is 6.21. The molecule has 1 aliphatic heterocycles. The van der Waals surface area contributed by atoms with E-state index in [9.17, 15) is 4.79 Å². The van der Waals surface area contributed by atoms with Gasteiger partial charge < -0.3 is 10.6 Å². The Balaban J connectivity index is 0.00000128. The van der Waals surface area contributed by atoms with Gasteiger partial charge in [-0.15, -0.1) is 12.4 Å². The third-order valence-electron chi connectivity index (χ3n) is 3.73. The van der Waals surface area contributed by atoms with Gasteiger partial charge >= 0.3 is 0 Å². The Hall–Kier alpha value is -0.280. The van der Waals surface area contributed by atoms with Crippen molar-refractivity contribution in [3.05, 3.63) is 0 Å². The van der Waals surface area contributed by atoms with Gasteiger partial charge in [0.2, 0.25) is 5.91 Å². The summed E-state index contributed by atoms with van der Waals surface area (Å²) in [5.41, 5.74) is 0. The molecule has 2 rings (SSSR count). The molecule has 16 heavy (non-hydrogen) atoms. The topological polar surface area (TPSA) is 41.1 Å². The monoisotopic (exact) mass is 246 g/mol. The summed E-state index contributed by atoms with van der Waals surface area (Å²) < 4.78 is 0. The second-order valence-electron chi connectivity index (χ2n) is 5.32. The molecule has 3 nitrogen and oxygen atoms in total. The number of halogens is 1. The summed E-state index contributed by atoms with van der Waals surface area (Å²) in [7, 11) is 0. The number of hydrogen-bond acceptors (Lipinski definition) is 2. The minimum Gasteiger partial charge on any atom is -0.356 e. The summed E-state index contributed by atoms with van der Waals surface area (Å²) in [5, 5.41) is 6.26. The van der Waals surface area contributed by atoms with Crippen molar-refractivity contribution in [1.29, 1.82) is 0 Å². The molecule has 4 heteroatoms. The Labute approximate surface area is 104 Å². The Morgan fingerprint density at radius 2 is 2.06 bits per heavy atom. The van der Waals surface area contributed by atoms with E-state index in [1.54, 1.807) is 0 Å².